The number of nitrogens with one attached hydrogen (secondary N) is 1. The van der Waals surface area contributed by atoms with Crippen molar-refractivity contribution >= 4 is 15.7 Å². The molecule has 0 amide bonds. The minimum atomic E-state index is -3.62. The minimum Gasteiger partial charge on any atom is -0.492 e. The van der Waals surface area contributed by atoms with Crippen LogP contribution in [0.5, 0.6) is 5.75 Å². The van der Waals surface area contributed by atoms with Crippen LogP contribution >= 0.6 is 0 Å². The summed E-state index contributed by atoms with van der Waals surface area (Å²) < 4.78 is 39.1. The van der Waals surface area contributed by atoms with Gasteiger partial charge in [0.25, 0.3) is 0 Å². The molecule has 3 aromatic rings. The zero-order valence-electron chi connectivity index (χ0n) is 17.6. The van der Waals surface area contributed by atoms with Gasteiger partial charge in [0.1, 0.15) is 16.3 Å². The number of ether oxygens (including phenoxy) is 1. The molecule has 0 spiro atoms. The third-order valence-corrected chi connectivity index (χ3v) is 7.19. The Morgan fingerprint density at radius 2 is 1.84 bits per heavy atom. The second kappa shape index (κ2) is 9.53. The maximum absolute atomic E-state index is 13.3. The zero-order chi connectivity index (χ0) is 21.7. The summed E-state index contributed by atoms with van der Waals surface area (Å²) in [7, 11) is -3.62. The van der Waals surface area contributed by atoms with Crippen molar-refractivity contribution in [2.24, 2.45) is 0 Å². The second-order valence-electron chi connectivity index (χ2n) is 7.46. The van der Waals surface area contributed by atoms with Crippen molar-refractivity contribution in [2.75, 3.05) is 25.0 Å². The molecule has 1 fully saturated rings. The molecule has 0 atom stereocenters. The Morgan fingerprint density at radius 1 is 1.06 bits per heavy atom. The Kier molecular flexibility index (Phi) is 6.58. The molecular formula is C23H27N3O4S. The van der Waals surface area contributed by atoms with Crippen LogP contribution in [-0.2, 0) is 16.6 Å². The summed E-state index contributed by atoms with van der Waals surface area (Å²) >= 11 is 0. The molecule has 7 nitrogen and oxygen atoms in total. The summed E-state index contributed by atoms with van der Waals surface area (Å²) in [5, 5.41) is 7.36. The highest BCUT2D eigenvalue weighted by Gasteiger charge is 2.29. The van der Waals surface area contributed by atoms with E-state index in [0.717, 1.165) is 30.5 Å². The van der Waals surface area contributed by atoms with E-state index in [1.165, 1.54) is 0 Å². The minimum absolute atomic E-state index is 0.198. The van der Waals surface area contributed by atoms with Gasteiger partial charge in [-0.2, -0.15) is 4.31 Å². The number of aromatic nitrogens is 1. The Labute approximate surface area is 183 Å². The van der Waals surface area contributed by atoms with Gasteiger partial charge >= 0.3 is 0 Å². The van der Waals surface area contributed by atoms with Crippen LogP contribution in [0.2, 0.25) is 0 Å². The molecule has 1 N–H and O–H groups in total. The normalized spacial score (nSPS) is 15.0. The van der Waals surface area contributed by atoms with E-state index in [-0.39, 0.29) is 4.90 Å². The van der Waals surface area contributed by atoms with Crippen LogP contribution in [-0.4, -0.2) is 37.6 Å². The van der Waals surface area contributed by atoms with Gasteiger partial charge in [0, 0.05) is 30.4 Å². The molecule has 2 aromatic carbocycles. The molecular weight excluding hydrogens is 414 g/mol. The van der Waals surface area contributed by atoms with Gasteiger partial charge in [-0.15, -0.1) is 0 Å². The summed E-state index contributed by atoms with van der Waals surface area (Å²) in [6.07, 6.45) is 2.83. The number of rotatable bonds is 8. The van der Waals surface area contributed by atoms with E-state index in [1.807, 2.05) is 49.4 Å². The van der Waals surface area contributed by atoms with E-state index >= 15 is 0 Å². The third-order valence-electron chi connectivity index (χ3n) is 5.27. The molecule has 1 saturated heterocycles. The highest BCUT2D eigenvalue weighted by atomic mass is 32.2. The lowest BCUT2D eigenvalue weighted by Crippen LogP contribution is -2.35. The Hall–Kier alpha value is -2.84. The molecule has 1 aliphatic heterocycles. The first kappa shape index (κ1) is 21.4. The molecule has 1 aliphatic rings. The van der Waals surface area contributed by atoms with Crippen molar-refractivity contribution in [1.29, 1.82) is 0 Å². The van der Waals surface area contributed by atoms with Crippen molar-refractivity contribution in [2.45, 2.75) is 37.6 Å². The number of benzene rings is 2. The van der Waals surface area contributed by atoms with Gasteiger partial charge < -0.3 is 14.6 Å². The molecule has 1 aromatic heterocycles. The van der Waals surface area contributed by atoms with Gasteiger partial charge in [0.05, 0.1) is 13.2 Å². The molecule has 0 bridgehead atoms. The number of piperidine rings is 1. The van der Waals surface area contributed by atoms with Gasteiger partial charge in [0.2, 0.25) is 10.0 Å². The van der Waals surface area contributed by atoms with Crippen LogP contribution in [0.25, 0.3) is 11.3 Å². The largest absolute Gasteiger partial charge is 0.492 e. The number of anilines is 1. The number of sulfonamides is 1. The fourth-order valence-corrected chi connectivity index (χ4v) is 5.34. The van der Waals surface area contributed by atoms with Crippen molar-refractivity contribution in [3.8, 4) is 17.0 Å². The van der Waals surface area contributed by atoms with Crippen LogP contribution in [0.15, 0.2) is 64.0 Å². The quantitative estimate of drug-likeness (QED) is 0.553. The monoisotopic (exact) mass is 441 g/mol. The maximum atomic E-state index is 13.3. The lowest BCUT2D eigenvalue weighted by molar-refractivity contribution is 0.323. The summed E-state index contributed by atoms with van der Waals surface area (Å²) in [5.41, 5.74) is 2.42. The Bertz CT molecular complexity index is 1110. The molecule has 8 heteroatoms. The van der Waals surface area contributed by atoms with E-state index < -0.39 is 10.0 Å². The van der Waals surface area contributed by atoms with Gasteiger partial charge in [-0.1, -0.05) is 41.9 Å². The topological polar surface area (TPSA) is 84.7 Å². The molecule has 2 heterocycles. The van der Waals surface area contributed by atoms with Crippen LogP contribution < -0.4 is 10.1 Å². The summed E-state index contributed by atoms with van der Waals surface area (Å²) in [6, 6.07) is 16.8. The zero-order valence-corrected chi connectivity index (χ0v) is 18.4. The first-order valence-corrected chi connectivity index (χ1v) is 12.0. The van der Waals surface area contributed by atoms with Crippen molar-refractivity contribution in [3.05, 3.63) is 60.4 Å². The predicted octanol–water partition coefficient (Wildman–Crippen LogP) is 4.53. The SMILES string of the molecule is CCOc1ccc(NCc2cc(-c3ccccc3)no2)cc1S(=O)(=O)N1CCCCC1. The second-order valence-corrected chi connectivity index (χ2v) is 9.36. The van der Waals surface area contributed by atoms with Crippen molar-refractivity contribution < 1.29 is 17.7 Å². The van der Waals surface area contributed by atoms with Gasteiger partial charge in [-0.25, -0.2) is 8.42 Å². The van der Waals surface area contributed by atoms with Crippen LogP contribution in [0.3, 0.4) is 0 Å². The summed E-state index contributed by atoms with van der Waals surface area (Å²) in [5.74, 6) is 1.04. The Balaban J connectivity index is 1.53. The van der Waals surface area contributed by atoms with E-state index in [0.29, 0.717) is 43.4 Å². The van der Waals surface area contributed by atoms with Crippen LogP contribution in [0, 0.1) is 0 Å². The van der Waals surface area contributed by atoms with E-state index in [2.05, 4.69) is 10.5 Å². The van der Waals surface area contributed by atoms with Gasteiger partial charge in [-0.05, 0) is 38.0 Å². The molecule has 4 rings (SSSR count). The molecule has 31 heavy (non-hydrogen) atoms. The van der Waals surface area contributed by atoms with Crippen molar-refractivity contribution in [1.82, 2.24) is 9.46 Å². The average molecular weight is 442 g/mol. The maximum Gasteiger partial charge on any atom is 0.246 e. The van der Waals surface area contributed by atoms with Crippen LogP contribution in [0.1, 0.15) is 31.9 Å². The fourth-order valence-electron chi connectivity index (χ4n) is 3.67. The van der Waals surface area contributed by atoms with E-state index in [1.54, 1.807) is 16.4 Å². The van der Waals surface area contributed by atoms with Gasteiger partial charge in [0.15, 0.2) is 5.76 Å². The average Bonchev–Trinajstić information content (AvgIpc) is 3.29. The molecule has 0 radical (unpaired) electrons. The molecule has 164 valence electrons. The highest BCUT2D eigenvalue weighted by molar-refractivity contribution is 7.89. The lowest BCUT2D eigenvalue weighted by Gasteiger charge is -2.27. The summed E-state index contributed by atoms with van der Waals surface area (Å²) in [6.45, 7) is 3.72. The number of nitrogens with zero attached hydrogens (tertiary/aromatic N) is 2. The number of hydrogen-bond acceptors (Lipinski definition) is 6. The highest BCUT2D eigenvalue weighted by Crippen LogP contribution is 2.31. The smallest absolute Gasteiger partial charge is 0.246 e. The molecule has 0 aliphatic carbocycles. The summed E-state index contributed by atoms with van der Waals surface area (Å²) in [4.78, 5) is 0.198. The van der Waals surface area contributed by atoms with Crippen molar-refractivity contribution in [3.63, 3.8) is 0 Å². The fraction of sp³-hybridized carbons (Fsp3) is 0.348. The van der Waals surface area contributed by atoms with Gasteiger partial charge in [-0.3, -0.25) is 0 Å². The van der Waals surface area contributed by atoms with Crippen LogP contribution in [0.4, 0.5) is 5.69 Å². The first-order chi connectivity index (χ1) is 15.1. The number of hydrogen-bond donors (Lipinski definition) is 1. The van der Waals surface area contributed by atoms with E-state index in [9.17, 15) is 8.42 Å². The van der Waals surface area contributed by atoms with E-state index in [4.69, 9.17) is 9.26 Å². The lowest BCUT2D eigenvalue weighted by atomic mass is 10.1. The Morgan fingerprint density at radius 3 is 2.58 bits per heavy atom. The first-order valence-electron chi connectivity index (χ1n) is 10.6. The standard InChI is InChI=1S/C23H27N3O4S/c1-2-29-22-12-11-19(15-23(22)31(27,28)26-13-7-4-8-14-26)24-17-20-16-21(25-30-20)18-9-5-3-6-10-18/h3,5-6,9-12,15-16,24H,2,4,7-8,13-14,17H2,1H3. The molecule has 0 unspecified atom stereocenters. The molecule has 0 saturated carbocycles. The third kappa shape index (κ3) is 4.91. The predicted molar refractivity (Wildman–Crippen MR) is 119 cm³/mol.